The van der Waals surface area contributed by atoms with Crippen molar-refractivity contribution in [3.8, 4) is 0 Å². The van der Waals surface area contributed by atoms with Crippen LogP contribution in [-0.4, -0.2) is 33.8 Å². The van der Waals surface area contributed by atoms with Gasteiger partial charge in [0.15, 0.2) is 0 Å². The van der Waals surface area contributed by atoms with E-state index in [1.54, 1.807) is 13.8 Å². The summed E-state index contributed by atoms with van der Waals surface area (Å²) in [6, 6.07) is 0. The number of halogens is 1. The maximum absolute atomic E-state index is 11.2. The first-order chi connectivity index (χ1) is 8.51. The van der Waals surface area contributed by atoms with Crippen molar-refractivity contribution in [1.82, 2.24) is 0 Å². The number of carbonyl (C=O) groups is 1. The van der Waals surface area contributed by atoms with Gasteiger partial charge < -0.3 is 0 Å². The van der Waals surface area contributed by atoms with Crippen LogP contribution >= 0.6 is 12.6 Å². The molecule has 0 atom stereocenters. The number of ether oxygens (including phenoxy) is 1. The summed E-state index contributed by atoms with van der Waals surface area (Å²) in [6.45, 7) is 9.20. The van der Waals surface area contributed by atoms with Crippen LogP contribution in [0.15, 0.2) is 25.7 Å². The molecule has 18 heavy (non-hydrogen) atoms. The Morgan fingerprint density at radius 2 is 2.17 bits per heavy atom. The summed E-state index contributed by atoms with van der Waals surface area (Å²) >= 11 is 3.74. The van der Waals surface area contributed by atoms with Gasteiger partial charge in [0.2, 0.25) is 0 Å². The van der Waals surface area contributed by atoms with Gasteiger partial charge >= 0.3 is 124 Å². The van der Waals surface area contributed by atoms with Crippen LogP contribution in [-0.2, 0) is 9.53 Å². The van der Waals surface area contributed by atoms with Crippen LogP contribution in [0.3, 0.4) is 0 Å². The standard InChI is InChI=1S/C11H17IN3O2S/c1-5-17-10(16)6-12-9(3)15-8(2)11(18)14-7-13-4/h7,18H,4-6H2,1-3H3/q-1/b11-8-,14-7?,15-9?. The van der Waals surface area contributed by atoms with Crippen LogP contribution < -0.4 is 21.2 Å². The molecule has 0 aromatic carbocycles. The number of hydrogen-bond donors (Lipinski definition) is 1. The van der Waals surface area contributed by atoms with Crippen molar-refractivity contribution in [2.45, 2.75) is 20.8 Å². The molecule has 102 valence electrons. The first kappa shape index (κ1) is 17.3. The van der Waals surface area contributed by atoms with E-state index in [-0.39, 0.29) is 5.97 Å². The van der Waals surface area contributed by atoms with Crippen LogP contribution in [0.4, 0.5) is 0 Å². The molecule has 0 aliphatic carbocycles. The van der Waals surface area contributed by atoms with Crippen molar-refractivity contribution < 1.29 is 30.7 Å². The second-order valence-corrected chi connectivity index (χ2v) is 6.53. The summed E-state index contributed by atoms with van der Waals surface area (Å²) < 4.78 is 6.24. The number of rotatable bonds is 7. The number of alkyl halides is 1. The third kappa shape index (κ3) is 8.40. The van der Waals surface area contributed by atoms with Gasteiger partial charge in [-0.2, -0.15) is 0 Å². The molecule has 0 rings (SSSR count). The molecule has 0 saturated heterocycles. The summed E-state index contributed by atoms with van der Waals surface area (Å²) in [7, 11) is 0. The Kier molecular flexibility index (Phi) is 9.85. The van der Waals surface area contributed by atoms with E-state index in [2.05, 4.69) is 34.3 Å². The zero-order valence-electron chi connectivity index (χ0n) is 10.7. The second kappa shape index (κ2) is 10.2. The van der Waals surface area contributed by atoms with Crippen molar-refractivity contribution in [3.63, 3.8) is 0 Å². The molecule has 0 aliphatic rings. The first-order valence-corrected chi connectivity index (χ1v) is 8.24. The molecule has 7 heteroatoms. The van der Waals surface area contributed by atoms with Crippen molar-refractivity contribution in [2.24, 2.45) is 15.0 Å². The van der Waals surface area contributed by atoms with Gasteiger partial charge in [-0.15, -0.1) is 0 Å². The molecule has 5 nitrogen and oxygen atoms in total. The number of thiol groups is 1. The van der Waals surface area contributed by atoms with Crippen LogP contribution in [0.25, 0.3) is 0 Å². The molecule has 0 heterocycles. The van der Waals surface area contributed by atoms with Gasteiger partial charge in [-0.3, -0.25) is 0 Å². The normalized spacial score (nSPS) is 13.7. The molecular formula is C11H17IN3O2S-. The SMILES string of the molecule is C=NC=N/C(S)=C(\C)N=C(C)[I-]CC(=O)OCC. The first-order valence-electron chi connectivity index (χ1n) is 5.19. The molecule has 0 saturated carbocycles. The summed E-state index contributed by atoms with van der Waals surface area (Å²) in [5, 5.41) is 0.488. The number of carbonyl (C=O) groups excluding carboxylic acids is 1. The number of nitrogens with zero attached hydrogens (tertiary/aromatic N) is 3. The molecule has 0 aromatic rings. The zero-order chi connectivity index (χ0) is 14.0. The van der Waals surface area contributed by atoms with Gasteiger partial charge in [0, 0.05) is 0 Å². The Hall–Kier alpha value is -0.700. The van der Waals surface area contributed by atoms with E-state index in [1.807, 2.05) is 6.92 Å². The molecule has 0 N–H and O–H groups in total. The molecular weight excluding hydrogens is 365 g/mol. The second-order valence-electron chi connectivity index (χ2n) is 3.02. The molecule has 0 unspecified atom stereocenters. The maximum atomic E-state index is 11.2. The van der Waals surface area contributed by atoms with E-state index in [0.29, 0.717) is 21.8 Å². The average molecular weight is 382 g/mol. The average Bonchev–Trinajstić information content (AvgIpc) is 2.33. The van der Waals surface area contributed by atoms with E-state index in [9.17, 15) is 4.79 Å². The van der Waals surface area contributed by atoms with Crippen molar-refractivity contribution in [1.29, 1.82) is 0 Å². The quantitative estimate of drug-likeness (QED) is 0.152. The summed E-state index contributed by atoms with van der Waals surface area (Å²) in [6.07, 6.45) is 1.31. The van der Waals surface area contributed by atoms with Crippen LogP contribution in [0, 0.1) is 0 Å². The summed E-state index contributed by atoms with van der Waals surface area (Å²) in [5.74, 6) is -0.165. The third-order valence-corrected chi connectivity index (χ3v) is 4.37. The van der Waals surface area contributed by atoms with Gasteiger partial charge in [-0.25, -0.2) is 0 Å². The van der Waals surface area contributed by atoms with Gasteiger partial charge in [0.1, 0.15) is 0 Å². The molecule has 0 fully saturated rings. The fourth-order valence-electron chi connectivity index (χ4n) is 0.851. The minimum atomic E-state index is -0.444. The molecule has 0 radical (unpaired) electrons. The van der Waals surface area contributed by atoms with E-state index >= 15 is 0 Å². The van der Waals surface area contributed by atoms with Crippen molar-refractivity contribution in [3.05, 3.63) is 10.7 Å². The Bertz CT molecular complexity index is 392. The number of esters is 1. The predicted octanol–water partition coefficient (Wildman–Crippen LogP) is -1.10. The van der Waals surface area contributed by atoms with Crippen LogP contribution in [0.2, 0.25) is 0 Å². The Morgan fingerprint density at radius 1 is 1.50 bits per heavy atom. The van der Waals surface area contributed by atoms with Gasteiger partial charge in [0.25, 0.3) is 0 Å². The predicted molar refractivity (Wildman–Crippen MR) is 74.3 cm³/mol. The van der Waals surface area contributed by atoms with E-state index in [1.165, 1.54) is 6.34 Å². The monoisotopic (exact) mass is 382 g/mol. The Balaban J connectivity index is 4.44. The molecule has 0 spiro atoms. The number of hydrogen-bond acceptors (Lipinski definition) is 5. The number of aliphatic imine (C=N–C) groups is 3. The summed E-state index contributed by atoms with van der Waals surface area (Å²) in [5.41, 5.74) is 0.694. The fraction of sp³-hybridized carbons (Fsp3) is 0.455. The van der Waals surface area contributed by atoms with Gasteiger partial charge in [-0.05, 0) is 0 Å². The number of allylic oxidation sites excluding steroid dienone is 1. The summed E-state index contributed by atoms with van der Waals surface area (Å²) in [4.78, 5) is 22.9. The van der Waals surface area contributed by atoms with Crippen molar-refractivity contribution in [2.75, 3.05) is 11.0 Å². The van der Waals surface area contributed by atoms with E-state index < -0.39 is 21.2 Å². The zero-order valence-corrected chi connectivity index (χ0v) is 13.7. The van der Waals surface area contributed by atoms with Gasteiger partial charge in [0.05, 0.1) is 0 Å². The van der Waals surface area contributed by atoms with Crippen molar-refractivity contribution >= 4 is 35.4 Å². The van der Waals surface area contributed by atoms with E-state index in [4.69, 9.17) is 4.74 Å². The topological polar surface area (TPSA) is 63.4 Å². The Labute approximate surface area is 123 Å². The third-order valence-electron chi connectivity index (χ3n) is 1.58. The minimum absolute atomic E-state index is 0.165. The van der Waals surface area contributed by atoms with Gasteiger partial charge in [-0.1, -0.05) is 0 Å². The molecule has 0 bridgehead atoms. The molecule has 0 aliphatic heterocycles. The van der Waals surface area contributed by atoms with E-state index in [0.717, 1.165) is 3.72 Å². The van der Waals surface area contributed by atoms with Crippen LogP contribution in [0.5, 0.6) is 0 Å². The van der Waals surface area contributed by atoms with Crippen LogP contribution in [0.1, 0.15) is 20.8 Å². The fourth-order valence-corrected chi connectivity index (χ4v) is 2.57. The molecule has 0 amide bonds. The molecule has 0 aromatic heterocycles. The Morgan fingerprint density at radius 3 is 2.72 bits per heavy atom.